The molecule has 7 rings (SSSR count). The monoisotopic (exact) mass is 452 g/mol. The van der Waals surface area contributed by atoms with Crippen molar-refractivity contribution in [2.24, 2.45) is 16.7 Å². The molecule has 1 unspecified atom stereocenters. The van der Waals surface area contributed by atoms with Crippen molar-refractivity contribution in [3.05, 3.63) is 23.3 Å². The normalized spacial score (nSPS) is 41.6. The lowest BCUT2D eigenvalue weighted by Gasteiger charge is -2.75. The van der Waals surface area contributed by atoms with Crippen LogP contribution in [0.4, 0.5) is 0 Å². The Morgan fingerprint density at radius 1 is 1.18 bits per heavy atom. The summed E-state index contributed by atoms with van der Waals surface area (Å²) in [7, 11) is 3.50. The van der Waals surface area contributed by atoms with Gasteiger partial charge in [-0.25, -0.2) is 0 Å². The maximum absolute atomic E-state index is 12.1. The number of fused-ring (bicyclic) bond motifs is 2. The number of nitrogens with zero attached hydrogens (tertiary/aromatic N) is 2. The fourth-order valence-electron chi connectivity index (χ4n) is 8.91. The van der Waals surface area contributed by atoms with Crippen LogP contribution in [-0.4, -0.2) is 54.1 Å². The summed E-state index contributed by atoms with van der Waals surface area (Å²) in [5.74, 6) is 1.54. The van der Waals surface area contributed by atoms with Gasteiger partial charge in [0, 0.05) is 42.0 Å². The Morgan fingerprint density at radius 3 is 2.58 bits per heavy atom. The lowest BCUT2D eigenvalue weighted by atomic mass is 9.33. The number of benzene rings is 1. The van der Waals surface area contributed by atoms with Crippen molar-refractivity contribution in [1.82, 2.24) is 4.90 Å². The number of nitriles is 1. The predicted octanol–water partition coefficient (Wildman–Crippen LogP) is 3.79. The molecule has 2 aliphatic heterocycles. The van der Waals surface area contributed by atoms with Crippen LogP contribution >= 0.6 is 0 Å². The molecule has 1 aromatic carbocycles. The average molecular weight is 453 g/mol. The quantitative estimate of drug-likeness (QED) is 0.704. The highest BCUT2D eigenvalue weighted by Crippen LogP contribution is 2.77. The van der Waals surface area contributed by atoms with E-state index in [1.807, 2.05) is 17.9 Å². The summed E-state index contributed by atoms with van der Waals surface area (Å²) >= 11 is 0. The van der Waals surface area contributed by atoms with Gasteiger partial charge in [0.15, 0.2) is 17.7 Å². The van der Waals surface area contributed by atoms with Gasteiger partial charge in [-0.3, -0.25) is 0 Å². The minimum absolute atomic E-state index is 0.107. The highest BCUT2D eigenvalue weighted by atomic mass is 16.6. The number of methoxy groups -OCH3 is 2. The first-order chi connectivity index (χ1) is 15.5. The highest BCUT2D eigenvalue weighted by molar-refractivity contribution is 5.63. The van der Waals surface area contributed by atoms with Crippen molar-refractivity contribution >= 4 is 0 Å². The molecule has 4 fully saturated rings. The van der Waals surface area contributed by atoms with Gasteiger partial charge in [0.25, 0.3) is 0 Å². The van der Waals surface area contributed by atoms with Gasteiger partial charge < -0.3 is 24.2 Å². The number of ether oxygens (including phenoxy) is 3. The molecule has 1 N–H and O–H groups in total. The summed E-state index contributed by atoms with van der Waals surface area (Å²) in [6, 6.07) is 4.30. The minimum atomic E-state index is -0.966. The van der Waals surface area contributed by atoms with Gasteiger partial charge in [-0.1, -0.05) is 26.8 Å². The van der Waals surface area contributed by atoms with E-state index in [1.54, 1.807) is 14.2 Å². The molecule has 178 valence electrons. The van der Waals surface area contributed by atoms with Gasteiger partial charge in [0.1, 0.15) is 11.7 Å². The zero-order valence-corrected chi connectivity index (χ0v) is 20.7. The molecular weight excluding hydrogens is 416 g/mol. The number of hydrogen-bond donors (Lipinski definition) is 1. The van der Waals surface area contributed by atoms with Crippen LogP contribution in [-0.2, 0) is 16.6 Å². The van der Waals surface area contributed by atoms with Crippen molar-refractivity contribution in [3.63, 3.8) is 0 Å². The third kappa shape index (κ3) is 2.10. The van der Waals surface area contributed by atoms with Gasteiger partial charge >= 0.3 is 0 Å². The molecule has 6 aliphatic rings. The van der Waals surface area contributed by atoms with Crippen LogP contribution in [0.2, 0.25) is 0 Å². The Kier molecular flexibility index (Phi) is 4.03. The molecule has 4 bridgehead atoms. The summed E-state index contributed by atoms with van der Waals surface area (Å²) in [6.45, 7) is 9.05. The van der Waals surface area contributed by atoms with E-state index in [0.29, 0.717) is 0 Å². The van der Waals surface area contributed by atoms with Crippen LogP contribution in [0.5, 0.6) is 11.5 Å². The van der Waals surface area contributed by atoms with Gasteiger partial charge in [-0.05, 0) is 56.1 Å². The van der Waals surface area contributed by atoms with E-state index in [-0.39, 0.29) is 34.3 Å². The fraction of sp³-hybridized carbons (Fsp3) is 0.741. The molecule has 0 amide bonds. The second-order valence-electron chi connectivity index (χ2n) is 12.3. The molecule has 7 atom stereocenters. The third-order valence-corrected chi connectivity index (χ3v) is 10.9. The molecule has 6 nitrogen and oxygen atoms in total. The Balaban J connectivity index is 1.66. The predicted molar refractivity (Wildman–Crippen MR) is 123 cm³/mol. The molecule has 33 heavy (non-hydrogen) atoms. The largest absolute Gasteiger partial charge is 0.493 e. The van der Waals surface area contributed by atoms with Gasteiger partial charge in [0.2, 0.25) is 0 Å². The standard InChI is InChI=1S/C27H36N2O4/c1-23(2,3)24(4,30)18-14-25-9-10-27(18,32-6)22-26(25)11-12-29(15-28)19(25)13-16-7-8-17(31-5)21(33-22)20(16)26/h7-8,18-19,22,30H,9-14H2,1-6H3/t18-,19?,22+,24+,25+,26-,27+/m1/s1. The van der Waals surface area contributed by atoms with Crippen molar-refractivity contribution in [1.29, 1.82) is 5.26 Å². The number of hydrogen-bond acceptors (Lipinski definition) is 6. The molecule has 4 aliphatic carbocycles. The van der Waals surface area contributed by atoms with Crippen LogP contribution in [0.25, 0.3) is 0 Å². The summed E-state index contributed by atoms with van der Waals surface area (Å²) in [6.07, 6.45) is 6.68. The molecule has 0 radical (unpaired) electrons. The number of aliphatic hydroxyl groups is 1. The van der Waals surface area contributed by atoms with Crippen LogP contribution in [0.15, 0.2) is 12.1 Å². The number of rotatable bonds is 3. The topological polar surface area (TPSA) is 75.0 Å². The molecule has 2 spiro atoms. The number of likely N-dealkylation sites (tertiary alicyclic amines) is 1. The average Bonchev–Trinajstić information content (AvgIpc) is 3.15. The van der Waals surface area contributed by atoms with Gasteiger partial charge in [-0.2, -0.15) is 5.26 Å². The summed E-state index contributed by atoms with van der Waals surface area (Å²) < 4.78 is 19.3. The third-order valence-electron chi connectivity index (χ3n) is 10.9. The number of piperidine rings is 1. The SMILES string of the molecule is COc1ccc2c3c1O[C@@H]1[C@]4(OC)CC[C@]5(C[C@@H]4[C@](C)(O)C(C)(C)C)C(C2)N(C#N)CC[C@@]315. The molecule has 1 aromatic rings. The van der Waals surface area contributed by atoms with E-state index in [2.05, 4.69) is 33.0 Å². The Morgan fingerprint density at radius 2 is 1.94 bits per heavy atom. The van der Waals surface area contributed by atoms with E-state index < -0.39 is 11.2 Å². The van der Waals surface area contributed by atoms with Gasteiger partial charge in [0.05, 0.1) is 12.7 Å². The summed E-state index contributed by atoms with van der Waals surface area (Å²) in [5, 5.41) is 22.2. The minimum Gasteiger partial charge on any atom is -0.493 e. The van der Waals surface area contributed by atoms with E-state index >= 15 is 0 Å². The van der Waals surface area contributed by atoms with Gasteiger partial charge in [-0.15, -0.1) is 0 Å². The molecule has 1 saturated heterocycles. The summed E-state index contributed by atoms with van der Waals surface area (Å²) in [4.78, 5) is 2.03. The smallest absolute Gasteiger partial charge is 0.179 e. The van der Waals surface area contributed by atoms with Crippen molar-refractivity contribution in [2.45, 2.75) is 88.6 Å². The van der Waals surface area contributed by atoms with Crippen molar-refractivity contribution in [2.75, 3.05) is 20.8 Å². The lowest BCUT2D eigenvalue weighted by molar-refractivity contribution is -0.309. The molecule has 0 aromatic heterocycles. The second-order valence-corrected chi connectivity index (χ2v) is 12.3. The first-order valence-corrected chi connectivity index (χ1v) is 12.3. The van der Waals surface area contributed by atoms with E-state index in [0.717, 1.165) is 50.1 Å². The van der Waals surface area contributed by atoms with Crippen LogP contribution < -0.4 is 9.47 Å². The van der Waals surface area contributed by atoms with Crippen LogP contribution in [0.3, 0.4) is 0 Å². The molecule has 2 heterocycles. The first kappa shape index (κ1) is 21.6. The zero-order chi connectivity index (χ0) is 23.6. The highest BCUT2D eigenvalue weighted by Gasteiger charge is 2.82. The Bertz CT molecular complexity index is 1070. The Hall–Kier alpha value is -1.97. The molecule has 3 saturated carbocycles. The van der Waals surface area contributed by atoms with E-state index in [9.17, 15) is 10.4 Å². The zero-order valence-electron chi connectivity index (χ0n) is 20.7. The van der Waals surface area contributed by atoms with E-state index in [4.69, 9.17) is 14.2 Å². The fourth-order valence-corrected chi connectivity index (χ4v) is 8.91. The lowest BCUT2D eigenvalue weighted by Crippen LogP contribution is -2.83. The molecular formula is C27H36N2O4. The van der Waals surface area contributed by atoms with Crippen LogP contribution in [0.1, 0.15) is 64.5 Å². The van der Waals surface area contributed by atoms with Crippen molar-refractivity contribution < 1.29 is 19.3 Å². The summed E-state index contributed by atoms with van der Waals surface area (Å²) in [5.41, 5.74) is 0.315. The van der Waals surface area contributed by atoms with Crippen molar-refractivity contribution in [3.8, 4) is 17.7 Å². The van der Waals surface area contributed by atoms with E-state index in [1.165, 1.54) is 11.1 Å². The Labute approximate surface area is 196 Å². The second kappa shape index (κ2) is 6.17. The molecule has 6 heteroatoms. The maximum atomic E-state index is 12.1. The first-order valence-electron chi connectivity index (χ1n) is 12.3. The van der Waals surface area contributed by atoms with Crippen LogP contribution in [0, 0.1) is 28.2 Å². The maximum Gasteiger partial charge on any atom is 0.179 e.